The van der Waals surface area contributed by atoms with E-state index in [9.17, 15) is 0 Å². The molecule has 0 aliphatic rings. The molecule has 0 fully saturated rings. The van der Waals surface area contributed by atoms with Crippen LogP contribution in [0.5, 0.6) is 0 Å². The molecule has 1 aromatic carbocycles. The lowest BCUT2D eigenvalue weighted by molar-refractivity contribution is 0.385. The lowest BCUT2D eigenvalue weighted by atomic mass is 10.3. The number of nitrogens with zero attached hydrogens (tertiary/aromatic N) is 5. The van der Waals surface area contributed by atoms with E-state index in [2.05, 4.69) is 20.3 Å². The molecule has 6 nitrogen and oxygen atoms in total. The molecular weight excluding hydrogens is 310 g/mol. The summed E-state index contributed by atoms with van der Waals surface area (Å²) in [7, 11) is 0. The molecule has 0 N–H and O–H groups in total. The molecule has 0 amide bonds. The molecular formula is C13H12ClN5OS. The predicted molar refractivity (Wildman–Crippen MR) is 79.6 cm³/mol. The average molecular weight is 322 g/mol. The number of halogens is 1. The molecule has 2 heterocycles. The molecule has 0 atom stereocenters. The largest absolute Gasteiger partial charge is 0.338 e. The van der Waals surface area contributed by atoms with E-state index in [4.69, 9.17) is 16.1 Å². The molecule has 108 valence electrons. The van der Waals surface area contributed by atoms with Crippen molar-refractivity contribution in [3.05, 3.63) is 47.3 Å². The standard InChI is InChI=1S/C13H12ClN5OS/c1-2-11-16-12(20-18-11)7-21-13-17-15-8-19(13)10-5-3-4-9(14)6-10/h3-6,8H,2,7H2,1H3. The highest BCUT2D eigenvalue weighted by atomic mass is 35.5. The van der Waals surface area contributed by atoms with Crippen LogP contribution in [0.2, 0.25) is 5.02 Å². The zero-order valence-corrected chi connectivity index (χ0v) is 12.8. The second-order valence-electron chi connectivity index (χ2n) is 4.21. The van der Waals surface area contributed by atoms with E-state index >= 15 is 0 Å². The van der Waals surface area contributed by atoms with E-state index < -0.39 is 0 Å². The molecule has 0 saturated heterocycles. The van der Waals surface area contributed by atoms with Gasteiger partial charge in [0.1, 0.15) is 6.33 Å². The molecule has 2 aromatic heterocycles. The van der Waals surface area contributed by atoms with Gasteiger partial charge in [-0.1, -0.05) is 41.5 Å². The normalized spacial score (nSPS) is 11.0. The van der Waals surface area contributed by atoms with Crippen molar-refractivity contribution in [1.82, 2.24) is 24.9 Å². The molecule has 21 heavy (non-hydrogen) atoms. The number of hydrogen-bond donors (Lipinski definition) is 0. The van der Waals surface area contributed by atoms with Gasteiger partial charge in [0.15, 0.2) is 11.0 Å². The Morgan fingerprint density at radius 2 is 2.29 bits per heavy atom. The van der Waals surface area contributed by atoms with Gasteiger partial charge in [0.25, 0.3) is 0 Å². The Hall–Kier alpha value is -1.86. The maximum absolute atomic E-state index is 6.01. The zero-order chi connectivity index (χ0) is 14.7. The Labute approximate surface area is 130 Å². The van der Waals surface area contributed by atoms with Crippen molar-refractivity contribution in [3.63, 3.8) is 0 Å². The van der Waals surface area contributed by atoms with Crippen LogP contribution in [0.4, 0.5) is 0 Å². The van der Waals surface area contributed by atoms with E-state index in [0.29, 0.717) is 22.5 Å². The van der Waals surface area contributed by atoms with Gasteiger partial charge in [0.05, 0.1) is 11.4 Å². The van der Waals surface area contributed by atoms with Crippen molar-refractivity contribution in [3.8, 4) is 5.69 Å². The van der Waals surface area contributed by atoms with Gasteiger partial charge in [-0.2, -0.15) is 4.98 Å². The smallest absolute Gasteiger partial charge is 0.237 e. The van der Waals surface area contributed by atoms with Crippen molar-refractivity contribution < 1.29 is 4.52 Å². The fourth-order valence-electron chi connectivity index (χ4n) is 1.74. The minimum Gasteiger partial charge on any atom is -0.338 e. The third kappa shape index (κ3) is 3.25. The van der Waals surface area contributed by atoms with E-state index in [1.54, 1.807) is 6.33 Å². The predicted octanol–water partition coefficient (Wildman–Crippen LogP) is 3.16. The van der Waals surface area contributed by atoms with Gasteiger partial charge in [0, 0.05) is 11.4 Å². The summed E-state index contributed by atoms with van der Waals surface area (Å²) in [5.74, 6) is 1.84. The minimum absolute atomic E-state index is 0.548. The summed E-state index contributed by atoms with van der Waals surface area (Å²) < 4.78 is 7.03. The highest BCUT2D eigenvalue weighted by molar-refractivity contribution is 7.98. The van der Waals surface area contributed by atoms with Crippen LogP contribution in [-0.2, 0) is 12.2 Å². The molecule has 0 aliphatic carbocycles. The summed E-state index contributed by atoms with van der Waals surface area (Å²) >= 11 is 7.49. The van der Waals surface area contributed by atoms with Gasteiger partial charge in [-0.3, -0.25) is 4.57 Å². The first-order valence-corrected chi connectivity index (χ1v) is 7.73. The monoisotopic (exact) mass is 321 g/mol. The fraction of sp³-hybridized carbons (Fsp3) is 0.231. The number of rotatable bonds is 5. The van der Waals surface area contributed by atoms with Crippen molar-refractivity contribution in [2.24, 2.45) is 0 Å². The summed E-state index contributed by atoms with van der Waals surface area (Å²) in [6.07, 6.45) is 2.41. The second-order valence-corrected chi connectivity index (χ2v) is 5.59. The number of aryl methyl sites for hydroxylation is 1. The van der Waals surface area contributed by atoms with E-state index in [1.165, 1.54) is 11.8 Å². The lowest BCUT2D eigenvalue weighted by Crippen LogP contribution is -1.95. The summed E-state index contributed by atoms with van der Waals surface area (Å²) in [6.45, 7) is 1.98. The molecule has 0 bridgehead atoms. The van der Waals surface area contributed by atoms with Gasteiger partial charge in [-0.05, 0) is 18.2 Å². The van der Waals surface area contributed by atoms with Crippen LogP contribution in [0.25, 0.3) is 5.69 Å². The van der Waals surface area contributed by atoms with Gasteiger partial charge in [-0.15, -0.1) is 10.2 Å². The summed E-state index contributed by atoms with van der Waals surface area (Å²) in [4.78, 5) is 4.27. The minimum atomic E-state index is 0.548. The highest BCUT2D eigenvalue weighted by Crippen LogP contribution is 2.24. The quantitative estimate of drug-likeness (QED) is 0.672. The number of aromatic nitrogens is 5. The molecule has 3 aromatic rings. The van der Waals surface area contributed by atoms with E-state index in [1.807, 2.05) is 35.8 Å². The van der Waals surface area contributed by atoms with E-state index in [0.717, 1.165) is 17.3 Å². The highest BCUT2D eigenvalue weighted by Gasteiger charge is 2.11. The van der Waals surface area contributed by atoms with Crippen LogP contribution in [0.1, 0.15) is 18.6 Å². The Balaban J connectivity index is 1.76. The average Bonchev–Trinajstić information content (AvgIpc) is 3.14. The maximum atomic E-state index is 6.01. The lowest BCUT2D eigenvalue weighted by Gasteiger charge is -2.05. The third-order valence-corrected chi connectivity index (χ3v) is 3.92. The Bertz CT molecular complexity index is 742. The van der Waals surface area contributed by atoms with Crippen molar-refractivity contribution in [2.75, 3.05) is 0 Å². The summed E-state index contributed by atoms with van der Waals surface area (Å²) in [6, 6.07) is 7.52. The van der Waals surface area contributed by atoms with Crippen LogP contribution in [0, 0.1) is 0 Å². The van der Waals surface area contributed by atoms with Crippen molar-refractivity contribution in [1.29, 1.82) is 0 Å². The van der Waals surface area contributed by atoms with Gasteiger partial charge < -0.3 is 4.52 Å². The number of benzene rings is 1. The molecule has 0 spiro atoms. The maximum Gasteiger partial charge on any atom is 0.237 e. The van der Waals surface area contributed by atoms with Gasteiger partial charge in [-0.25, -0.2) is 0 Å². The molecule has 0 radical (unpaired) electrons. The number of thioether (sulfide) groups is 1. The first-order valence-electron chi connectivity index (χ1n) is 6.36. The first kappa shape index (κ1) is 14.1. The second kappa shape index (κ2) is 6.28. The van der Waals surface area contributed by atoms with Crippen LogP contribution in [-0.4, -0.2) is 24.9 Å². The van der Waals surface area contributed by atoms with Crippen LogP contribution in [0.15, 0.2) is 40.3 Å². The molecule has 8 heteroatoms. The molecule has 3 rings (SSSR count). The van der Waals surface area contributed by atoms with Crippen LogP contribution >= 0.6 is 23.4 Å². The fourth-order valence-corrected chi connectivity index (χ4v) is 2.70. The Morgan fingerprint density at radius 3 is 3.05 bits per heavy atom. The topological polar surface area (TPSA) is 69.6 Å². The Kier molecular flexibility index (Phi) is 4.21. The van der Waals surface area contributed by atoms with Crippen LogP contribution in [0.3, 0.4) is 0 Å². The molecule has 0 unspecified atom stereocenters. The summed E-state index contributed by atoms with van der Waals surface area (Å²) in [5, 5.41) is 13.3. The zero-order valence-electron chi connectivity index (χ0n) is 11.2. The third-order valence-electron chi connectivity index (χ3n) is 2.75. The first-order chi connectivity index (χ1) is 10.3. The van der Waals surface area contributed by atoms with Crippen molar-refractivity contribution in [2.45, 2.75) is 24.3 Å². The SMILES string of the molecule is CCc1noc(CSc2nncn2-c2cccc(Cl)c2)n1. The van der Waals surface area contributed by atoms with Gasteiger partial charge >= 0.3 is 0 Å². The number of hydrogen-bond acceptors (Lipinski definition) is 6. The molecule has 0 aliphatic heterocycles. The van der Waals surface area contributed by atoms with Gasteiger partial charge in [0.2, 0.25) is 5.89 Å². The van der Waals surface area contributed by atoms with Crippen molar-refractivity contribution >= 4 is 23.4 Å². The Morgan fingerprint density at radius 1 is 1.38 bits per heavy atom. The summed E-state index contributed by atoms with van der Waals surface area (Å²) in [5.41, 5.74) is 0.912. The van der Waals surface area contributed by atoms with E-state index in [-0.39, 0.29) is 0 Å². The molecule has 0 saturated carbocycles. The van der Waals surface area contributed by atoms with Crippen LogP contribution < -0.4 is 0 Å².